The number of esters is 1. The second-order valence-electron chi connectivity index (χ2n) is 7.02. The Bertz CT molecular complexity index is 1040. The van der Waals surface area contributed by atoms with Gasteiger partial charge in [0.05, 0.1) is 16.1 Å². The number of hydrogen-bond acceptors (Lipinski definition) is 5. The van der Waals surface area contributed by atoms with E-state index in [1.807, 2.05) is 19.1 Å². The van der Waals surface area contributed by atoms with E-state index < -0.39 is 28.0 Å². The van der Waals surface area contributed by atoms with Gasteiger partial charge in [-0.2, -0.15) is 0 Å². The Hall–Kier alpha value is -2.87. The maximum Gasteiger partial charge on any atom is 0.338 e. The van der Waals surface area contributed by atoms with Crippen LogP contribution < -0.4 is 10.0 Å². The van der Waals surface area contributed by atoms with Crippen molar-refractivity contribution in [3.63, 3.8) is 0 Å². The monoisotopic (exact) mass is 418 g/mol. The van der Waals surface area contributed by atoms with E-state index in [9.17, 15) is 18.0 Å². The summed E-state index contributed by atoms with van der Waals surface area (Å²) in [6, 6.07) is 8.16. The molecule has 0 aliphatic rings. The molecule has 156 valence electrons. The average Bonchev–Trinajstić information content (AvgIpc) is 2.61. The van der Waals surface area contributed by atoms with Crippen molar-refractivity contribution >= 4 is 27.6 Å². The van der Waals surface area contributed by atoms with Crippen LogP contribution in [-0.2, 0) is 19.6 Å². The number of carbonyl (C=O) groups excluding carboxylic acids is 2. The molecule has 2 aromatic carbocycles. The number of rotatable bonds is 6. The van der Waals surface area contributed by atoms with E-state index in [2.05, 4.69) is 10.0 Å². The van der Waals surface area contributed by atoms with Gasteiger partial charge < -0.3 is 10.1 Å². The summed E-state index contributed by atoms with van der Waals surface area (Å²) in [7, 11) is -2.42. The molecule has 2 N–H and O–H groups in total. The molecule has 1 atom stereocenters. The van der Waals surface area contributed by atoms with Crippen LogP contribution in [0.15, 0.2) is 35.2 Å². The van der Waals surface area contributed by atoms with Gasteiger partial charge in [0, 0.05) is 7.05 Å². The van der Waals surface area contributed by atoms with Gasteiger partial charge in [-0.1, -0.05) is 23.8 Å². The lowest BCUT2D eigenvalue weighted by atomic mass is 10.1. The molecule has 0 heterocycles. The molecule has 0 aliphatic carbocycles. The van der Waals surface area contributed by atoms with E-state index in [0.717, 1.165) is 5.56 Å². The van der Waals surface area contributed by atoms with Gasteiger partial charge in [-0.15, -0.1) is 0 Å². The predicted octanol–water partition coefficient (Wildman–Crippen LogP) is 3.01. The normalized spacial score (nSPS) is 12.2. The molecule has 0 saturated heterocycles. The van der Waals surface area contributed by atoms with Gasteiger partial charge in [0.25, 0.3) is 15.9 Å². The van der Waals surface area contributed by atoms with Gasteiger partial charge in [-0.25, -0.2) is 13.2 Å². The van der Waals surface area contributed by atoms with Crippen molar-refractivity contribution in [3.05, 3.63) is 58.1 Å². The highest BCUT2D eigenvalue weighted by atomic mass is 32.2. The summed E-state index contributed by atoms with van der Waals surface area (Å²) in [4.78, 5) is 24.1. The summed E-state index contributed by atoms with van der Waals surface area (Å²) in [5, 5.41) is 2.40. The zero-order chi connectivity index (χ0) is 21.9. The second-order valence-corrected chi connectivity index (χ2v) is 8.64. The maximum atomic E-state index is 13.0. The van der Waals surface area contributed by atoms with Crippen LogP contribution in [0, 0.1) is 27.7 Å². The van der Waals surface area contributed by atoms with E-state index in [1.54, 1.807) is 26.8 Å². The summed E-state index contributed by atoms with van der Waals surface area (Å²) >= 11 is 0. The summed E-state index contributed by atoms with van der Waals surface area (Å²) in [5.74, 6) is -1.15. The van der Waals surface area contributed by atoms with Gasteiger partial charge in [0.2, 0.25) is 0 Å². The first kappa shape index (κ1) is 22.4. The predicted molar refractivity (Wildman–Crippen MR) is 112 cm³/mol. The fraction of sp³-hybridized carbons (Fsp3) is 0.333. The van der Waals surface area contributed by atoms with Crippen LogP contribution in [0.3, 0.4) is 0 Å². The van der Waals surface area contributed by atoms with Crippen molar-refractivity contribution in [1.29, 1.82) is 0 Å². The summed E-state index contributed by atoms with van der Waals surface area (Å²) < 4.78 is 33.7. The average molecular weight is 419 g/mol. The molecule has 0 radical (unpaired) electrons. The Balaban J connectivity index is 2.36. The van der Waals surface area contributed by atoms with E-state index in [-0.39, 0.29) is 16.1 Å². The molecule has 0 unspecified atom stereocenters. The van der Waals surface area contributed by atoms with Crippen LogP contribution in [0.4, 0.5) is 5.69 Å². The Labute approximate surface area is 171 Å². The standard InChI is InChI=1S/C21H26N2O5S/c1-12-9-14(3)19(15(4)10-12)29(26,27)23-18-11-17(8-7-13(18)2)21(25)28-16(5)20(24)22-6/h7-11,16,23H,1-6H3,(H,22,24)/t16-/m0/s1. The van der Waals surface area contributed by atoms with Gasteiger partial charge in [-0.3, -0.25) is 9.52 Å². The van der Waals surface area contributed by atoms with Gasteiger partial charge in [0.1, 0.15) is 0 Å². The Morgan fingerprint density at radius 3 is 2.10 bits per heavy atom. The first-order chi connectivity index (χ1) is 13.5. The number of carbonyl (C=O) groups is 2. The highest BCUT2D eigenvalue weighted by Crippen LogP contribution is 2.26. The number of aryl methyl sites for hydroxylation is 4. The molecule has 0 bridgehead atoms. The minimum absolute atomic E-state index is 0.140. The van der Waals surface area contributed by atoms with Crippen LogP contribution in [0.2, 0.25) is 0 Å². The first-order valence-electron chi connectivity index (χ1n) is 9.10. The summed E-state index contributed by atoms with van der Waals surface area (Å²) in [6.45, 7) is 8.58. The molecule has 29 heavy (non-hydrogen) atoms. The molecule has 2 rings (SSSR count). The summed E-state index contributed by atoms with van der Waals surface area (Å²) in [6.07, 6.45) is -0.966. The molecule has 7 nitrogen and oxygen atoms in total. The van der Waals surface area contributed by atoms with Crippen LogP contribution >= 0.6 is 0 Å². The van der Waals surface area contributed by atoms with E-state index in [1.165, 1.54) is 26.1 Å². The van der Waals surface area contributed by atoms with E-state index >= 15 is 0 Å². The van der Waals surface area contributed by atoms with Crippen molar-refractivity contribution in [2.45, 2.75) is 45.6 Å². The molecule has 0 aliphatic heterocycles. The van der Waals surface area contributed by atoms with Gasteiger partial charge in [-0.05, 0) is 63.4 Å². The van der Waals surface area contributed by atoms with Gasteiger partial charge >= 0.3 is 5.97 Å². The fourth-order valence-electron chi connectivity index (χ4n) is 3.13. The van der Waals surface area contributed by atoms with Crippen LogP contribution in [0.25, 0.3) is 0 Å². The van der Waals surface area contributed by atoms with Gasteiger partial charge in [0.15, 0.2) is 6.10 Å². The molecule has 1 amide bonds. The molecule has 0 saturated carbocycles. The summed E-state index contributed by atoms with van der Waals surface area (Å²) in [5.41, 5.74) is 3.31. The third-order valence-electron chi connectivity index (χ3n) is 4.49. The molecule has 0 spiro atoms. The number of anilines is 1. The molecule has 0 aromatic heterocycles. The van der Waals surface area contributed by atoms with Crippen LogP contribution in [0.1, 0.15) is 39.5 Å². The molecule has 0 fully saturated rings. The highest BCUT2D eigenvalue weighted by molar-refractivity contribution is 7.92. The number of likely N-dealkylation sites (N-methyl/N-ethyl adjacent to an activating group) is 1. The molecular weight excluding hydrogens is 392 g/mol. The minimum atomic E-state index is -3.86. The maximum absolute atomic E-state index is 13.0. The van der Waals surface area contributed by atoms with Crippen molar-refractivity contribution in [2.24, 2.45) is 0 Å². The number of sulfonamides is 1. The lowest BCUT2D eigenvalue weighted by Gasteiger charge is -2.16. The smallest absolute Gasteiger partial charge is 0.338 e. The topological polar surface area (TPSA) is 102 Å². The van der Waals surface area contributed by atoms with Crippen molar-refractivity contribution in [1.82, 2.24) is 5.32 Å². The third kappa shape index (κ3) is 5.14. The fourth-order valence-corrected chi connectivity index (χ4v) is 4.71. The zero-order valence-corrected chi connectivity index (χ0v) is 18.2. The van der Waals surface area contributed by atoms with Crippen LogP contribution in [-0.4, -0.2) is 33.4 Å². The third-order valence-corrected chi connectivity index (χ3v) is 6.16. The number of benzene rings is 2. The highest BCUT2D eigenvalue weighted by Gasteiger charge is 2.22. The SMILES string of the molecule is CNC(=O)[C@H](C)OC(=O)c1ccc(C)c(NS(=O)(=O)c2c(C)cc(C)cc2C)c1. The Morgan fingerprint density at radius 1 is 0.966 bits per heavy atom. The van der Waals surface area contributed by atoms with E-state index in [0.29, 0.717) is 16.7 Å². The first-order valence-corrected chi connectivity index (χ1v) is 10.6. The molecular formula is C21H26N2O5S. The lowest BCUT2D eigenvalue weighted by molar-refractivity contribution is -0.128. The zero-order valence-electron chi connectivity index (χ0n) is 17.4. The van der Waals surface area contributed by atoms with E-state index in [4.69, 9.17) is 4.74 Å². The largest absolute Gasteiger partial charge is 0.449 e. The number of amides is 1. The second kappa shape index (κ2) is 8.65. The number of nitrogens with one attached hydrogen (secondary N) is 2. The number of ether oxygens (including phenoxy) is 1. The number of hydrogen-bond donors (Lipinski definition) is 2. The Morgan fingerprint density at radius 2 is 1.55 bits per heavy atom. The van der Waals surface area contributed by atoms with Crippen LogP contribution in [0.5, 0.6) is 0 Å². The molecule has 8 heteroatoms. The quantitative estimate of drug-likeness (QED) is 0.702. The Kier molecular flexibility index (Phi) is 6.69. The minimum Gasteiger partial charge on any atom is -0.449 e. The lowest BCUT2D eigenvalue weighted by Crippen LogP contribution is -2.33. The molecule has 2 aromatic rings. The van der Waals surface area contributed by atoms with Crippen molar-refractivity contribution in [2.75, 3.05) is 11.8 Å². The van der Waals surface area contributed by atoms with Crippen molar-refractivity contribution < 1.29 is 22.7 Å². The van der Waals surface area contributed by atoms with Crippen molar-refractivity contribution in [3.8, 4) is 0 Å².